The molecule has 0 aliphatic carbocycles. The highest BCUT2D eigenvalue weighted by atomic mass is 15.2. The second-order valence-electron chi connectivity index (χ2n) is 5.86. The summed E-state index contributed by atoms with van der Waals surface area (Å²) in [5, 5.41) is 3.50. The Hall–Kier alpha value is -0.340. The zero-order valence-corrected chi connectivity index (χ0v) is 10.9. The maximum atomic E-state index is 3.50. The Labute approximate surface area is 94.7 Å². The van der Waals surface area contributed by atoms with Gasteiger partial charge in [-0.2, -0.15) is 0 Å². The summed E-state index contributed by atoms with van der Waals surface area (Å²) in [6, 6.07) is 0.654. The van der Waals surface area contributed by atoms with Crippen LogP contribution in [0.1, 0.15) is 34.6 Å². The number of nitrogens with one attached hydrogen (secondary N) is 1. The molecular formula is C13H26N2. The molecule has 1 saturated heterocycles. The van der Waals surface area contributed by atoms with Crippen molar-refractivity contribution in [2.24, 2.45) is 5.41 Å². The Morgan fingerprint density at radius 3 is 2.60 bits per heavy atom. The molecule has 1 aliphatic heterocycles. The monoisotopic (exact) mass is 210 g/mol. The molecule has 2 nitrogen and oxygen atoms in total. The molecule has 0 radical (unpaired) electrons. The predicted molar refractivity (Wildman–Crippen MR) is 67.1 cm³/mol. The Morgan fingerprint density at radius 1 is 1.40 bits per heavy atom. The van der Waals surface area contributed by atoms with Crippen LogP contribution in [0.3, 0.4) is 0 Å². The van der Waals surface area contributed by atoms with E-state index in [9.17, 15) is 0 Å². The molecule has 1 heterocycles. The van der Waals surface area contributed by atoms with E-state index < -0.39 is 0 Å². The summed E-state index contributed by atoms with van der Waals surface area (Å²) in [6.45, 7) is 15.9. The molecule has 1 rings (SSSR count). The van der Waals surface area contributed by atoms with Gasteiger partial charge in [-0.05, 0) is 19.3 Å². The van der Waals surface area contributed by atoms with Gasteiger partial charge in [0.2, 0.25) is 0 Å². The van der Waals surface area contributed by atoms with Crippen molar-refractivity contribution in [2.75, 3.05) is 26.2 Å². The first-order valence-corrected chi connectivity index (χ1v) is 5.99. The van der Waals surface area contributed by atoms with Gasteiger partial charge < -0.3 is 5.32 Å². The molecule has 1 N–H and O–H groups in total. The summed E-state index contributed by atoms with van der Waals surface area (Å²) in [7, 11) is 0. The number of rotatable bonds is 2. The van der Waals surface area contributed by atoms with E-state index in [0.717, 1.165) is 19.6 Å². The normalized spacial score (nSPS) is 23.9. The van der Waals surface area contributed by atoms with Crippen LogP contribution < -0.4 is 5.32 Å². The molecule has 1 atom stereocenters. The van der Waals surface area contributed by atoms with Crippen molar-refractivity contribution in [3.63, 3.8) is 0 Å². The predicted octanol–water partition coefficient (Wildman–Crippen LogP) is 2.27. The van der Waals surface area contributed by atoms with Crippen LogP contribution in [-0.2, 0) is 0 Å². The van der Waals surface area contributed by atoms with Crippen molar-refractivity contribution in [2.45, 2.75) is 40.7 Å². The minimum Gasteiger partial charge on any atom is -0.314 e. The Bertz CT molecular complexity index is 221. The van der Waals surface area contributed by atoms with E-state index >= 15 is 0 Å². The third-order valence-corrected chi connectivity index (χ3v) is 3.09. The van der Waals surface area contributed by atoms with Gasteiger partial charge in [-0.25, -0.2) is 0 Å². The molecule has 0 aromatic rings. The molecule has 0 spiro atoms. The zero-order valence-electron chi connectivity index (χ0n) is 10.9. The van der Waals surface area contributed by atoms with Crippen molar-refractivity contribution in [3.8, 4) is 0 Å². The molecule has 0 bridgehead atoms. The van der Waals surface area contributed by atoms with Crippen molar-refractivity contribution in [1.82, 2.24) is 10.2 Å². The molecule has 0 aromatic heterocycles. The van der Waals surface area contributed by atoms with Crippen molar-refractivity contribution >= 4 is 0 Å². The highest BCUT2D eigenvalue weighted by Gasteiger charge is 2.31. The topological polar surface area (TPSA) is 15.3 Å². The average molecular weight is 210 g/mol. The highest BCUT2D eigenvalue weighted by molar-refractivity contribution is 4.98. The van der Waals surface area contributed by atoms with Gasteiger partial charge in [0.25, 0.3) is 0 Å². The average Bonchev–Trinajstić information content (AvgIpc) is 2.13. The molecule has 1 fully saturated rings. The molecule has 1 aliphatic rings. The number of hydrogen-bond donors (Lipinski definition) is 1. The number of nitrogens with zero attached hydrogens (tertiary/aromatic N) is 1. The van der Waals surface area contributed by atoms with Crippen LogP contribution in [-0.4, -0.2) is 37.1 Å². The lowest BCUT2D eigenvalue weighted by Crippen LogP contribution is -2.56. The van der Waals surface area contributed by atoms with Gasteiger partial charge in [-0.3, -0.25) is 4.90 Å². The minimum absolute atomic E-state index is 0.364. The molecule has 0 amide bonds. The summed E-state index contributed by atoms with van der Waals surface area (Å²) in [5.74, 6) is 0. The highest BCUT2D eigenvalue weighted by Crippen LogP contribution is 2.25. The number of hydrogen-bond acceptors (Lipinski definition) is 2. The fraction of sp³-hybridized carbons (Fsp3) is 0.846. The van der Waals surface area contributed by atoms with Gasteiger partial charge >= 0.3 is 0 Å². The lowest BCUT2D eigenvalue weighted by Gasteiger charge is -2.43. The van der Waals surface area contributed by atoms with E-state index in [2.05, 4.69) is 50.9 Å². The molecule has 1 unspecified atom stereocenters. The Morgan fingerprint density at radius 2 is 2.07 bits per heavy atom. The summed E-state index contributed by atoms with van der Waals surface area (Å²) in [5.41, 5.74) is 1.78. The lowest BCUT2D eigenvalue weighted by molar-refractivity contribution is 0.0864. The van der Waals surface area contributed by atoms with Crippen molar-refractivity contribution in [1.29, 1.82) is 0 Å². The van der Waals surface area contributed by atoms with Gasteiger partial charge in [-0.1, -0.05) is 32.4 Å². The SMILES string of the molecule is CC(C)=CCN1CCNCC1C(C)(C)C. The molecule has 15 heavy (non-hydrogen) atoms. The maximum Gasteiger partial charge on any atom is 0.0272 e. The number of allylic oxidation sites excluding steroid dienone is 1. The molecule has 0 aromatic carbocycles. The van der Waals surface area contributed by atoms with Gasteiger partial charge in [-0.15, -0.1) is 0 Å². The summed E-state index contributed by atoms with van der Waals surface area (Å²) in [4.78, 5) is 2.60. The summed E-state index contributed by atoms with van der Waals surface area (Å²) in [6.07, 6.45) is 2.34. The van der Waals surface area contributed by atoms with Crippen LogP contribution in [0.4, 0.5) is 0 Å². The third kappa shape index (κ3) is 3.96. The zero-order chi connectivity index (χ0) is 11.5. The van der Waals surface area contributed by atoms with E-state index in [1.54, 1.807) is 0 Å². The maximum absolute atomic E-state index is 3.50. The van der Waals surface area contributed by atoms with Crippen LogP contribution in [0.15, 0.2) is 11.6 Å². The fourth-order valence-electron chi connectivity index (χ4n) is 2.12. The third-order valence-electron chi connectivity index (χ3n) is 3.09. The lowest BCUT2D eigenvalue weighted by atomic mass is 9.84. The second kappa shape index (κ2) is 5.13. The van der Waals surface area contributed by atoms with Crippen LogP contribution >= 0.6 is 0 Å². The first-order valence-electron chi connectivity index (χ1n) is 5.99. The molecular weight excluding hydrogens is 184 g/mol. The molecule has 88 valence electrons. The van der Waals surface area contributed by atoms with E-state index in [0.29, 0.717) is 11.5 Å². The quantitative estimate of drug-likeness (QED) is 0.703. The van der Waals surface area contributed by atoms with E-state index in [1.807, 2.05) is 0 Å². The van der Waals surface area contributed by atoms with Gasteiger partial charge in [0, 0.05) is 32.2 Å². The van der Waals surface area contributed by atoms with Gasteiger partial charge in [0.1, 0.15) is 0 Å². The van der Waals surface area contributed by atoms with Crippen LogP contribution in [0, 0.1) is 5.41 Å². The summed E-state index contributed by atoms with van der Waals surface area (Å²) >= 11 is 0. The van der Waals surface area contributed by atoms with Crippen molar-refractivity contribution < 1.29 is 0 Å². The minimum atomic E-state index is 0.364. The van der Waals surface area contributed by atoms with E-state index in [4.69, 9.17) is 0 Å². The first kappa shape index (κ1) is 12.7. The second-order valence-corrected chi connectivity index (χ2v) is 5.86. The summed E-state index contributed by atoms with van der Waals surface area (Å²) < 4.78 is 0. The van der Waals surface area contributed by atoms with E-state index in [1.165, 1.54) is 12.1 Å². The number of piperazine rings is 1. The Balaban J connectivity index is 2.62. The van der Waals surface area contributed by atoms with E-state index in [-0.39, 0.29) is 0 Å². The Kier molecular flexibility index (Phi) is 4.35. The first-order chi connectivity index (χ1) is 6.91. The molecule has 0 saturated carbocycles. The standard InChI is InChI=1S/C13H26N2/c1-11(2)6-8-15-9-7-14-10-12(15)13(3,4)5/h6,12,14H,7-10H2,1-5H3. The van der Waals surface area contributed by atoms with Gasteiger partial charge in [0.05, 0.1) is 0 Å². The van der Waals surface area contributed by atoms with Crippen LogP contribution in [0.25, 0.3) is 0 Å². The largest absolute Gasteiger partial charge is 0.314 e. The van der Waals surface area contributed by atoms with Crippen LogP contribution in [0.2, 0.25) is 0 Å². The van der Waals surface area contributed by atoms with Crippen LogP contribution in [0.5, 0.6) is 0 Å². The fourth-order valence-corrected chi connectivity index (χ4v) is 2.12. The molecule has 2 heteroatoms. The smallest absolute Gasteiger partial charge is 0.0272 e. The van der Waals surface area contributed by atoms with Gasteiger partial charge in [0.15, 0.2) is 0 Å². The van der Waals surface area contributed by atoms with Crippen molar-refractivity contribution in [3.05, 3.63) is 11.6 Å².